The number of nitrogens with one attached hydrogen (secondary N) is 2. The molecule has 1 heterocycles. The second kappa shape index (κ2) is 8.22. The molecule has 3 N–H and O–H groups in total. The minimum Gasteiger partial charge on any atom is -0.480 e. The predicted molar refractivity (Wildman–Crippen MR) is 87.4 cm³/mol. The fraction of sp³-hybridized carbons (Fsp3) is 0.462. The maximum absolute atomic E-state index is 12.5. The van der Waals surface area contributed by atoms with Gasteiger partial charge in [-0.15, -0.1) is 11.3 Å². The molecule has 0 saturated carbocycles. The summed E-state index contributed by atoms with van der Waals surface area (Å²) in [6.07, 6.45) is 0. The monoisotopic (exact) mass is 377 g/mol. The Morgan fingerprint density at radius 1 is 1.38 bits per heavy atom. The molecule has 134 valence electrons. The van der Waals surface area contributed by atoms with Crippen LogP contribution in [0, 0.1) is 0 Å². The number of amides is 2. The summed E-state index contributed by atoms with van der Waals surface area (Å²) >= 11 is 0.906. The van der Waals surface area contributed by atoms with Gasteiger partial charge in [0.15, 0.2) is 0 Å². The highest BCUT2D eigenvalue weighted by molar-refractivity contribution is 7.89. The van der Waals surface area contributed by atoms with Gasteiger partial charge in [-0.3, -0.25) is 9.59 Å². The van der Waals surface area contributed by atoms with E-state index in [-0.39, 0.29) is 28.8 Å². The van der Waals surface area contributed by atoms with E-state index in [2.05, 4.69) is 10.0 Å². The maximum Gasteiger partial charge on any atom is 0.326 e. The SMILES string of the molecule is CNS(=O)(=O)c1csc(C(=O)N(CCNC(C)=O)C(C)C(=O)O)c1. The molecule has 9 nitrogen and oxygen atoms in total. The zero-order valence-electron chi connectivity index (χ0n) is 13.4. The van der Waals surface area contributed by atoms with Crippen molar-refractivity contribution in [3.05, 3.63) is 16.3 Å². The Balaban J connectivity index is 3.03. The third-order valence-corrected chi connectivity index (χ3v) is 5.64. The maximum atomic E-state index is 12.5. The number of carbonyl (C=O) groups is 3. The van der Waals surface area contributed by atoms with E-state index in [0.717, 1.165) is 16.2 Å². The highest BCUT2D eigenvalue weighted by Crippen LogP contribution is 2.21. The summed E-state index contributed by atoms with van der Waals surface area (Å²) in [5, 5.41) is 12.9. The van der Waals surface area contributed by atoms with Crippen molar-refractivity contribution < 1.29 is 27.9 Å². The molecule has 24 heavy (non-hydrogen) atoms. The van der Waals surface area contributed by atoms with E-state index in [1.54, 1.807) is 0 Å². The number of carbonyl (C=O) groups excluding carboxylic acids is 2. The van der Waals surface area contributed by atoms with Gasteiger partial charge in [0.05, 0.1) is 9.77 Å². The molecule has 1 atom stereocenters. The Kier molecular flexibility index (Phi) is 6.87. The predicted octanol–water partition coefficient (Wildman–Crippen LogP) is -0.292. The van der Waals surface area contributed by atoms with Gasteiger partial charge < -0.3 is 15.3 Å². The van der Waals surface area contributed by atoms with E-state index >= 15 is 0 Å². The average Bonchev–Trinajstić information content (AvgIpc) is 3.00. The number of rotatable bonds is 8. The summed E-state index contributed by atoms with van der Waals surface area (Å²) in [7, 11) is -2.43. The number of thiophene rings is 1. The molecule has 1 aromatic heterocycles. The number of nitrogens with zero attached hydrogens (tertiary/aromatic N) is 1. The number of aliphatic carboxylic acids is 1. The van der Waals surface area contributed by atoms with E-state index in [4.69, 9.17) is 5.11 Å². The average molecular weight is 377 g/mol. The molecule has 0 spiro atoms. The van der Waals surface area contributed by atoms with Crippen LogP contribution in [0.3, 0.4) is 0 Å². The first kappa shape index (κ1) is 20.1. The molecular formula is C13H19N3O6S2. The zero-order chi connectivity index (χ0) is 18.5. The van der Waals surface area contributed by atoms with Gasteiger partial charge in [-0.2, -0.15) is 0 Å². The third-order valence-electron chi connectivity index (χ3n) is 3.18. The van der Waals surface area contributed by atoms with Crippen LogP contribution in [0.25, 0.3) is 0 Å². The molecule has 1 unspecified atom stereocenters. The van der Waals surface area contributed by atoms with E-state index in [1.807, 2.05) is 0 Å². The van der Waals surface area contributed by atoms with Crippen LogP contribution in [0.1, 0.15) is 23.5 Å². The first-order valence-corrected chi connectivity index (χ1v) is 9.26. The number of carboxylic acids is 1. The molecule has 0 bridgehead atoms. The Bertz CT molecular complexity index is 728. The highest BCUT2D eigenvalue weighted by atomic mass is 32.2. The van der Waals surface area contributed by atoms with Crippen LogP contribution >= 0.6 is 11.3 Å². The van der Waals surface area contributed by atoms with Crippen LogP contribution in [0.15, 0.2) is 16.3 Å². The largest absolute Gasteiger partial charge is 0.480 e. The fourth-order valence-electron chi connectivity index (χ4n) is 1.79. The first-order chi connectivity index (χ1) is 11.1. The lowest BCUT2D eigenvalue weighted by atomic mass is 10.2. The Morgan fingerprint density at radius 2 is 2.00 bits per heavy atom. The highest BCUT2D eigenvalue weighted by Gasteiger charge is 2.28. The lowest BCUT2D eigenvalue weighted by Gasteiger charge is -2.26. The van der Waals surface area contributed by atoms with Crippen LogP contribution in [-0.2, 0) is 19.6 Å². The van der Waals surface area contributed by atoms with E-state index in [0.29, 0.717) is 0 Å². The minimum atomic E-state index is -3.68. The normalized spacial score (nSPS) is 12.5. The summed E-state index contributed by atoms with van der Waals surface area (Å²) in [6, 6.07) is 0.0661. The molecule has 0 aromatic carbocycles. The van der Waals surface area contributed by atoms with Crippen LogP contribution < -0.4 is 10.0 Å². The first-order valence-electron chi connectivity index (χ1n) is 6.90. The number of hydrogen-bond donors (Lipinski definition) is 3. The van der Waals surface area contributed by atoms with Gasteiger partial charge in [0.25, 0.3) is 5.91 Å². The molecule has 2 amide bonds. The quantitative estimate of drug-likeness (QED) is 0.570. The van der Waals surface area contributed by atoms with Gasteiger partial charge in [-0.1, -0.05) is 0 Å². The van der Waals surface area contributed by atoms with Crippen molar-refractivity contribution in [2.45, 2.75) is 24.8 Å². The van der Waals surface area contributed by atoms with Crippen LogP contribution in [0.5, 0.6) is 0 Å². The Labute approximate surface area is 143 Å². The lowest BCUT2D eigenvalue weighted by molar-refractivity contribution is -0.141. The Morgan fingerprint density at radius 3 is 2.50 bits per heavy atom. The van der Waals surface area contributed by atoms with Gasteiger partial charge >= 0.3 is 5.97 Å². The molecule has 1 aromatic rings. The van der Waals surface area contributed by atoms with Crippen molar-refractivity contribution >= 4 is 39.1 Å². The second-order valence-corrected chi connectivity index (χ2v) is 7.65. The van der Waals surface area contributed by atoms with Gasteiger partial charge in [0.1, 0.15) is 6.04 Å². The summed E-state index contributed by atoms with van der Waals surface area (Å²) in [4.78, 5) is 35.8. The smallest absolute Gasteiger partial charge is 0.326 e. The summed E-state index contributed by atoms with van der Waals surface area (Å²) < 4.78 is 25.6. The van der Waals surface area contributed by atoms with Gasteiger partial charge in [-0.25, -0.2) is 17.9 Å². The molecule has 1 rings (SSSR count). The number of carboxylic acid groups (broad SMARTS) is 1. The van der Waals surface area contributed by atoms with Gasteiger partial charge in [0, 0.05) is 25.4 Å². The second-order valence-electron chi connectivity index (χ2n) is 4.85. The Hall–Kier alpha value is -1.98. The van der Waals surface area contributed by atoms with Crippen LogP contribution in [0.4, 0.5) is 0 Å². The number of hydrogen-bond acceptors (Lipinski definition) is 6. The van der Waals surface area contributed by atoms with Crippen molar-refractivity contribution in [3.8, 4) is 0 Å². The van der Waals surface area contributed by atoms with Crippen molar-refractivity contribution in [1.29, 1.82) is 0 Å². The van der Waals surface area contributed by atoms with Gasteiger partial charge in [-0.05, 0) is 20.0 Å². The zero-order valence-corrected chi connectivity index (χ0v) is 15.0. The van der Waals surface area contributed by atoms with Crippen molar-refractivity contribution in [1.82, 2.24) is 14.9 Å². The minimum absolute atomic E-state index is 0.0160. The van der Waals surface area contributed by atoms with E-state index in [9.17, 15) is 22.8 Å². The summed E-state index contributed by atoms with van der Waals surface area (Å²) in [5.74, 6) is -2.12. The lowest BCUT2D eigenvalue weighted by Crippen LogP contribution is -2.46. The standard InChI is InChI=1S/C13H19N3O6S2/c1-8(13(19)20)16(5-4-15-9(2)17)12(18)11-6-10(7-23-11)24(21,22)14-3/h6-8,14H,4-5H2,1-3H3,(H,15,17)(H,19,20). The van der Waals surface area contributed by atoms with Crippen LogP contribution in [-0.4, -0.2) is 62.4 Å². The fourth-order valence-corrected chi connectivity index (χ4v) is 3.75. The van der Waals surface area contributed by atoms with Crippen LogP contribution in [0.2, 0.25) is 0 Å². The molecule has 0 radical (unpaired) electrons. The van der Waals surface area contributed by atoms with E-state index in [1.165, 1.54) is 32.3 Å². The molecule has 0 saturated heterocycles. The van der Waals surface area contributed by atoms with Gasteiger partial charge in [0.2, 0.25) is 15.9 Å². The van der Waals surface area contributed by atoms with E-state index < -0.39 is 27.9 Å². The molecule has 0 aliphatic carbocycles. The summed E-state index contributed by atoms with van der Waals surface area (Å²) in [6.45, 7) is 2.72. The summed E-state index contributed by atoms with van der Waals surface area (Å²) in [5.41, 5.74) is 0. The van der Waals surface area contributed by atoms with Crippen molar-refractivity contribution in [3.63, 3.8) is 0 Å². The molecule has 0 aliphatic rings. The number of sulfonamides is 1. The molecular weight excluding hydrogens is 358 g/mol. The van der Waals surface area contributed by atoms with Crippen molar-refractivity contribution in [2.24, 2.45) is 0 Å². The molecule has 11 heteroatoms. The molecule has 0 fully saturated rings. The third kappa shape index (κ3) is 5.01. The molecule has 0 aliphatic heterocycles. The topological polar surface area (TPSA) is 133 Å². The van der Waals surface area contributed by atoms with Crippen molar-refractivity contribution in [2.75, 3.05) is 20.1 Å².